The number of pyridine rings is 1. The Labute approximate surface area is 136 Å². The Hall–Kier alpha value is -1.58. The van der Waals surface area contributed by atoms with Crippen molar-refractivity contribution in [2.45, 2.75) is 33.3 Å². The van der Waals surface area contributed by atoms with Crippen LogP contribution in [0.15, 0.2) is 42.7 Å². The Morgan fingerprint density at radius 2 is 1.95 bits per heavy atom. The fourth-order valence-corrected chi connectivity index (χ4v) is 2.52. The second kappa shape index (κ2) is 6.27. The van der Waals surface area contributed by atoms with Crippen LogP contribution < -0.4 is 4.74 Å². The minimum Gasteiger partial charge on any atom is -0.490 e. The van der Waals surface area contributed by atoms with Crippen molar-refractivity contribution in [2.24, 2.45) is 5.41 Å². The highest BCUT2D eigenvalue weighted by Crippen LogP contribution is 2.39. The summed E-state index contributed by atoms with van der Waals surface area (Å²) in [6.45, 7) is 8.03. The first-order valence-electron chi connectivity index (χ1n) is 7.26. The molecule has 0 saturated heterocycles. The molecule has 2 rings (SSSR count). The second-order valence-electron chi connectivity index (χ2n) is 6.55. The number of ether oxygens (including phenoxy) is 1. The van der Waals surface area contributed by atoms with Crippen LogP contribution in [-0.4, -0.2) is 16.7 Å². The summed E-state index contributed by atoms with van der Waals surface area (Å²) in [5, 5.41) is 11.9. The molecule has 2 aromatic rings. The monoisotopic (exact) mass is 319 g/mol. The van der Waals surface area contributed by atoms with E-state index < -0.39 is 11.0 Å². The maximum absolute atomic E-state index is 11.2. The van der Waals surface area contributed by atoms with Gasteiger partial charge in [0.25, 0.3) is 0 Å². The van der Waals surface area contributed by atoms with E-state index in [4.69, 9.17) is 16.3 Å². The Bertz CT molecular complexity index is 637. The highest BCUT2D eigenvalue weighted by atomic mass is 35.5. The first kappa shape index (κ1) is 16.8. The van der Waals surface area contributed by atoms with Gasteiger partial charge in [0.05, 0.1) is 0 Å². The molecular formula is C18H22ClNO2. The van der Waals surface area contributed by atoms with Crippen molar-refractivity contribution in [3.05, 3.63) is 58.9 Å². The zero-order chi connectivity index (χ0) is 16.4. The molecule has 0 amide bonds. The summed E-state index contributed by atoms with van der Waals surface area (Å²) >= 11 is 5.96. The van der Waals surface area contributed by atoms with Gasteiger partial charge in [-0.15, -0.1) is 0 Å². The molecule has 0 saturated carbocycles. The maximum Gasteiger partial charge on any atom is 0.130 e. The average molecular weight is 320 g/mol. The first-order chi connectivity index (χ1) is 10.2. The lowest BCUT2D eigenvalue weighted by molar-refractivity contribution is -0.0948. The molecule has 1 aromatic heterocycles. The number of nitrogens with zero attached hydrogens (tertiary/aromatic N) is 1. The van der Waals surface area contributed by atoms with Gasteiger partial charge in [0, 0.05) is 23.0 Å². The van der Waals surface area contributed by atoms with Crippen LogP contribution in [0.1, 0.15) is 31.9 Å². The smallest absolute Gasteiger partial charge is 0.130 e. The Kier molecular flexibility index (Phi) is 4.78. The molecule has 1 heterocycles. The fraction of sp³-hybridized carbons (Fsp3) is 0.389. The van der Waals surface area contributed by atoms with Crippen molar-refractivity contribution in [1.82, 2.24) is 4.98 Å². The van der Waals surface area contributed by atoms with Gasteiger partial charge in [0.1, 0.15) is 18.0 Å². The third-order valence-electron chi connectivity index (χ3n) is 3.95. The predicted molar refractivity (Wildman–Crippen MR) is 89.3 cm³/mol. The van der Waals surface area contributed by atoms with Gasteiger partial charge in [-0.05, 0) is 42.2 Å². The summed E-state index contributed by atoms with van der Waals surface area (Å²) in [7, 11) is 0. The van der Waals surface area contributed by atoms with Gasteiger partial charge >= 0.3 is 0 Å². The van der Waals surface area contributed by atoms with Crippen molar-refractivity contribution in [3.8, 4) is 5.75 Å². The summed E-state index contributed by atoms with van der Waals surface area (Å²) < 4.78 is 5.90. The molecule has 0 radical (unpaired) electrons. The molecule has 1 unspecified atom stereocenters. The number of hydrogen-bond acceptors (Lipinski definition) is 3. The normalized spacial score (nSPS) is 14.5. The lowest BCUT2D eigenvalue weighted by atomic mass is 9.73. The summed E-state index contributed by atoms with van der Waals surface area (Å²) in [4.78, 5) is 4.12. The molecule has 0 aliphatic carbocycles. The molecule has 0 aliphatic rings. The van der Waals surface area contributed by atoms with Crippen molar-refractivity contribution in [1.29, 1.82) is 0 Å². The first-order valence-corrected chi connectivity index (χ1v) is 7.64. The van der Waals surface area contributed by atoms with Crippen LogP contribution in [0.2, 0.25) is 5.02 Å². The van der Waals surface area contributed by atoms with Gasteiger partial charge in [0.15, 0.2) is 0 Å². The topological polar surface area (TPSA) is 42.4 Å². The number of aryl methyl sites for hydroxylation is 1. The lowest BCUT2D eigenvalue weighted by Crippen LogP contribution is -2.45. The van der Waals surface area contributed by atoms with E-state index in [1.165, 1.54) is 0 Å². The zero-order valence-electron chi connectivity index (χ0n) is 13.4. The van der Waals surface area contributed by atoms with Crippen LogP contribution in [0, 0.1) is 12.3 Å². The quantitative estimate of drug-likeness (QED) is 0.910. The number of benzene rings is 1. The van der Waals surface area contributed by atoms with E-state index in [0.717, 1.165) is 16.9 Å². The summed E-state index contributed by atoms with van der Waals surface area (Å²) in [6.07, 6.45) is 3.38. The van der Waals surface area contributed by atoms with Gasteiger partial charge in [-0.2, -0.15) is 0 Å². The standard InChI is InChI=1S/C18H22ClNO2/c1-13-10-15(19)7-8-16(13)22-12-18(21,17(2,3)4)14-6-5-9-20-11-14/h5-11,21H,12H2,1-4H3. The van der Waals surface area contributed by atoms with Crippen molar-refractivity contribution < 1.29 is 9.84 Å². The molecule has 0 aliphatic heterocycles. The van der Waals surface area contributed by atoms with E-state index in [1.54, 1.807) is 18.5 Å². The van der Waals surface area contributed by atoms with Gasteiger partial charge in [0.2, 0.25) is 0 Å². The van der Waals surface area contributed by atoms with Crippen molar-refractivity contribution in [2.75, 3.05) is 6.61 Å². The largest absolute Gasteiger partial charge is 0.490 e. The molecule has 1 atom stereocenters. The summed E-state index contributed by atoms with van der Waals surface area (Å²) in [5.41, 5.74) is 0.132. The number of hydrogen-bond donors (Lipinski definition) is 1. The van der Waals surface area contributed by atoms with Gasteiger partial charge in [-0.1, -0.05) is 38.4 Å². The van der Waals surface area contributed by atoms with Crippen LogP contribution in [0.25, 0.3) is 0 Å². The number of rotatable bonds is 4. The van der Waals surface area contributed by atoms with Gasteiger partial charge in [-0.25, -0.2) is 0 Å². The lowest BCUT2D eigenvalue weighted by Gasteiger charge is -2.40. The molecule has 3 nitrogen and oxygen atoms in total. The minimum atomic E-state index is -1.15. The van der Waals surface area contributed by atoms with Gasteiger partial charge in [-0.3, -0.25) is 4.98 Å². The van der Waals surface area contributed by atoms with Crippen LogP contribution in [0.3, 0.4) is 0 Å². The van der Waals surface area contributed by atoms with E-state index in [1.807, 2.05) is 52.0 Å². The molecule has 22 heavy (non-hydrogen) atoms. The second-order valence-corrected chi connectivity index (χ2v) is 6.99. The molecular weight excluding hydrogens is 298 g/mol. The molecule has 1 N–H and O–H groups in total. The Morgan fingerprint density at radius 1 is 1.23 bits per heavy atom. The van der Waals surface area contributed by atoms with Crippen LogP contribution in [-0.2, 0) is 5.60 Å². The van der Waals surface area contributed by atoms with E-state index in [9.17, 15) is 5.11 Å². The number of aromatic nitrogens is 1. The van der Waals surface area contributed by atoms with Crippen molar-refractivity contribution in [3.63, 3.8) is 0 Å². The zero-order valence-corrected chi connectivity index (χ0v) is 14.2. The molecule has 0 bridgehead atoms. The summed E-state index contributed by atoms with van der Waals surface area (Å²) in [6, 6.07) is 9.14. The predicted octanol–water partition coefficient (Wildman–Crippen LogP) is 4.36. The fourth-order valence-electron chi connectivity index (χ4n) is 2.30. The van der Waals surface area contributed by atoms with E-state index >= 15 is 0 Å². The molecule has 0 spiro atoms. The molecule has 118 valence electrons. The van der Waals surface area contributed by atoms with Crippen LogP contribution >= 0.6 is 11.6 Å². The highest BCUT2D eigenvalue weighted by Gasteiger charge is 2.43. The number of aliphatic hydroxyl groups is 1. The van der Waals surface area contributed by atoms with Crippen LogP contribution in [0.4, 0.5) is 0 Å². The Morgan fingerprint density at radius 3 is 2.50 bits per heavy atom. The third kappa shape index (κ3) is 3.42. The molecule has 0 fully saturated rings. The van der Waals surface area contributed by atoms with Crippen LogP contribution in [0.5, 0.6) is 5.75 Å². The van der Waals surface area contributed by atoms with E-state index in [0.29, 0.717) is 5.02 Å². The number of halogens is 1. The molecule has 4 heteroatoms. The SMILES string of the molecule is Cc1cc(Cl)ccc1OCC(O)(c1cccnc1)C(C)(C)C. The summed E-state index contributed by atoms with van der Waals surface area (Å²) in [5.74, 6) is 0.718. The van der Waals surface area contributed by atoms with E-state index in [-0.39, 0.29) is 6.61 Å². The van der Waals surface area contributed by atoms with Gasteiger partial charge < -0.3 is 9.84 Å². The van der Waals surface area contributed by atoms with Crippen molar-refractivity contribution >= 4 is 11.6 Å². The van der Waals surface area contributed by atoms with E-state index in [2.05, 4.69) is 4.98 Å². The maximum atomic E-state index is 11.2. The minimum absolute atomic E-state index is 0.144. The highest BCUT2D eigenvalue weighted by molar-refractivity contribution is 6.30. The Balaban J connectivity index is 2.29. The average Bonchev–Trinajstić information content (AvgIpc) is 2.45. The third-order valence-corrected chi connectivity index (χ3v) is 4.19. The molecule has 1 aromatic carbocycles.